The van der Waals surface area contributed by atoms with Crippen molar-refractivity contribution in [2.24, 2.45) is 0 Å². The Balaban J connectivity index is 1.41. The molecule has 33 heavy (non-hydrogen) atoms. The Bertz CT molecular complexity index is 1300. The summed E-state index contributed by atoms with van der Waals surface area (Å²) in [5, 5.41) is 8.15. The Morgan fingerprint density at radius 3 is 2.61 bits per heavy atom. The third-order valence-corrected chi connectivity index (χ3v) is 5.80. The van der Waals surface area contributed by atoms with Gasteiger partial charge in [0.2, 0.25) is 0 Å². The van der Waals surface area contributed by atoms with Gasteiger partial charge in [0.1, 0.15) is 18.2 Å². The molecule has 5 nitrogen and oxygen atoms in total. The average molecular weight is 549 g/mol. The molecule has 0 radical (unpaired) electrons. The highest BCUT2D eigenvalue weighted by molar-refractivity contribution is 9.10. The fourth-order valence-electron chi connectivity index (χ4n) is 3.08. The largest absolute Gasteiger partial charge is 0.487 e. The van der Waals surface area contributed by atoms with Crippen LogP contribution in [0.4, 0.5) is 10.2 Å². The van der Waals surface area contributed by atoms with Gasteiger partial charge in [-0.25, -0.2) is 4.39 Å². The fraction of sp³-hybridized carbons (Fsp3) is 0.0833. The van der Waals surface area contributed by atoms with E-state index >= 15 is 0 Å². The number of hydrogen-bond acceptors (Lipinski definition) is 3. The minimum absolute atomic E-state index is 0.235. The number of carbonyl (C=O) groups is 1. The van der Waals surface area contributed by atoms with Gasteiger partial charge in [-0.3, -0.25) is 9.48 Å². The summed E-state index contributed by atoms with van der Waals surface area (Å²) < 4.78 is 21.1. The number of hydrogen-bond donors (Lipinski definition) is 1. The van der Waals surface area contributed by atoms with Crippen molar-refractivity contribution in [1.29, 1.82) is 0 Å². The summed E-state index contributed by atoms with van der Waals surface area (Å²) in [7, 11) is 0. The van der Waals surface area contributed by atoms with E-state index in [9.17, 15) is 9.18 Å². The molecule has 0 spiro atoms. The van der Waals surface area contributed by atoms with Crippen LogP contribution in [0.25, 0.3) is 0 Å². The maximum Gasteiger partial charge on any atom is 0.256 e. The van der Waals surface area contributed by atoms with E-state index in [0.29, 0.717) is 38.2 Å². The van der Waals surface area contributed by atoms with Crippen molar-refractivity contribution in [3.8, 4) is 5.75 Å². The highest BCUT2D eigenvalue weighted by Crippen LogP contribution is 2.28. The molecule has 1 N–H and O–H groups in total. The summed E-state index contributed by atoms with van der Waals surface area (Å²) >= 11 is 15.5. The normalized spacial score (nSPS) is 10.8. The lowest BCUT2D eigenvalue weighted by atomic mass is 10.1. The van der Waals surface area contributed by atoms with Crippen molar-refractivity contribution >= 4 is 50.9 Å². The molecule has 0 aliphatic rings. The van der Waals surface area contributed by atoms with Gasteiger partial charge in [0.15, 0.2) is 5.82 Å². The quantitative estimate of drug-likeness (QED) is 0.271. The van der Waals surface area contributed by atoms with E-state index in [1.54, 1.807) is 59.4 Å². The molecule has 168 valence electrons. The van der Waals surface area contributed by atoms with Gasteiger partial charge >= 0.3 is 0 Å². The number of halogens is 4. The molecule has 0 fully saturated rings. The topological polar surface area (TPSA) is 56.2 Å². The first kappa shape index (κ1) is 23.3. The van der Waals surface area contributed by atoms with Crippen LogP contribution in [-0.2, 0) is 13.2 Å². The highest BCUT2D eigenvalue weighted by atomic mass is 79.9. The van der Waals surface area contributed by atoms with Crippen molar-refractivity contribution in [2.75, 3.05) is 5.32 Å². The van der Waals surface area contributed by atoms with E-state index in [0.717, 1.165) is 11.1 Å². The minimum Gasteiger partial charge on any atom is -0.487 e. The lowest BCUT2D eigenvalue weighted by Gasteiger charge is -2.09. The number of aromatic nitrogens is 2. The number of carbonyl (C=O) groups excluding carboxylic acids is 1. The van der Waals surface area contributed by atoms with Crippen LogP contribution in [-0.4, -0.2) is 15.7 Å². The van der Waals surface area contributed by atoms with Gasteiger partial charge < -0.3 is 10.1 Å². The van der Waals surface area contributed by atoms with Crippen LogP contribution in [0.15, 0.2) is 77.4 Å². The van der Waals surface area contributed by atoms with Gasteiger partial charge in [-0.15, -0.1) is 0 Å². The summed E-state index contributed by atoms with van der Waals surface area (Å²) in [5.74, 6) is 0.287. The Labute approximate surface area is 208 Å². The first-order chi connectivity index (χ1) is 15.9. The summed E-state index contributed by atoms with van der Waals surface area (Å²) in [6.07, 6.45) is 1.75. The van der Waals surface area contributed by atoms with E-state index in [-0.39, 0.29) is 18.3 Å². The Morgan fingerprint density at radius 2 is 1.85 bits per heavy atom. The van der Waals surface area contributed by atoms with Crippen LogP contribution < -0.4 is 10.1 Å². The van der Waals surface area contributed by atoms with Crippen LogP contribution in [0.1, 0.15) is 21.5 Å². The molecule has 3 aromatic carbocycles. The molecule has 0 aliphatic carbocycles. The van der Waals surface area contributed by atoms with E-state index in [1.165, 1.54) is 12.1 Å². The predicted molar refractivity (Wildman–Crippen MR) is 131 cm³/mol. The van der Waals surface area contributed by atoms with Crippen LogP contribution in [0.5, 0.6) is 5.75 Å². The number of amides is 1. The second-order valence-electron chi connectivity index (χ2n) is 7.17. The number of nitrogens with one attached hydrogen (secondary N) is 1. The molecule has 0 aliphatic heterocycles. The van der Waals surface area contributed by atoms with Crippen molar-refractivity contribution in [3.05, 3.63) is 110 Å². The zero-order valence-corrected chi connectivity index (χ0v) is 20.2. The molecule has 0 unspecified atom stereocenters. The maximum atomic E-state index is 13.1. The summed E-state index contributed by atoms with van der Waals surface area (Å²) in [6, 6.07) is 18.2. The van der Waals surface area contributed by atoms with E-state index in [2.05, 4.69) is 26.3 Å². The fourth-order valence-corrected chi connectivity index (χ4v) is 3.95. The van der Waals surface area contributed by atoms with Crippen molar-refractivity contribution in [3.63, 3.8) is 0 Å². The lowest BCUT2D eigenvalue weighted by Crippen LogP contribution is -2.13. The summed E-state index contributed by atoms with van der Waals surface area (Å²) in [4.78, 5) is 12.8. The molecule has 4 rings (SSSR count). The second-order valence-corrected chi connectivity index (χ2v) is 8.87. The minimum atomic E-state index is -0.311. The predicted octanol–water partition coefficient (Wildman–Crippen LogP) is 6.97. The van der Waals surface area contributed by atoms with Gasteiger partial charge in [-0.1, -0.05) is 47.5 Å². The maximum absolute atomic E-state index is 13.1. The third kappa shape index (κ3) is 6.13. The van der Waals surface area contributed by atoms with Crippen LogP contribution in [0.2, 0.25) is 10.0 Å². The first-order valence-corrected chi connectivity index (χ1v) is 11.4. The molecule has 0 saturated heterocycles. The van der Waals surface area contributed by atoms with Gasteiger partial charge in [-0.2, -0.15) is 5.10 Å². The summed E-state index contributed by atoms with van der Waals surface area (Å²) in [5.41, 5.74) is 2.14. The average Bonchev–Trinajstić information content (AvgIpc) is 3.13. The number of ether oxygens (including phenoxy) is 1. The second kappa shape index (κ2) is 10.4. The van der Waals surface area contributed by atoms with Gasteiger partial charge in [0.05, 0.1) is 16.0 Å². The monoisotopic (exact) mass is 547 g/mol. The molecule has 1 aromatic heterocycles. The van der Waals surface area contributed by atoms with E-state index < -0.39 is 0 Å². The van der Waals surface area contributed by atoms with Crippen molar-refractivity contribution in [1.82, 2.24) is 9.78 Å². The molecule has 0 atom stereocenters. The van der Waals surface area contributed by atoms with Crippen molar-refractivity contribution in [2.45, 2.75) is 13.2 Å². The third-order valence-electron chi connectivity index (χ3n) is 4.68. The van der Waals surface area contributed by atoms with Crippen molar-refractivity contribution < 1.29 is 13.9 Å². The smallest absolute Gasteiger partial charge is 0.256 e. The van der Waals surface area contributed by atoms with E-state index in [4.69, 9.17) is 27.9 Å². The number of benzene rings is 3. The van der Waals surface area contributed by atoms with Crippen LogP contribution in [0, 0.1) is 5.82 Å². The Kier molecular flexibility index (Phi) is 7.33. The lowest BCUT2D eigenvalue weighted by molar-refractivity contribution is 0.102. The number of anilines is 1. The summed E-state index contributed by atoms with van der Waals surface area (Å²) in [6.45, 7) is 0.674. The molecule has 0 saturated carbocycles. The Morgan fingerprint density at radius 1 is 1.06 bits per heavy atom. The highest BCUT2D eigenvalue weighted by Gasteiger charge is 2.13. The number of nitrogens with zero attached hydrogens (tertiary/aromatic N) is 2. The van der Waals surface area contributed by atoms with E-state index in [1.807, 2.05) is 6.07 Å². The SMILES string of the molecule is O=C(Nc1nn(Cc2ccc(F)cc2)cc1Br)c1cccc(COc2ccc(Cl)cc2Cl)c1. The standard InChI is InChI=1S/C24H17BrCl2FN3O2/c25-20-13-31(12-15-4-7-19(28)8-5-15)30-23(20)29-24(32)17-3-1-2-16(10-17)14-33-22-9-6-18(26)11-21(22)27/h1-11,13H,12,14H2,(H,29,30,32). The first-order valence-electron chi connectivity index (χ1n) is 9.83. The molecule has 1 heterocycles. The van der Waals surface area contributed by atoms with Crippen LogP contribution in [0.3, 0.4) is 0 Å². The zero-order valence-electron chi connectivity index (χ0n) is 17.1. The van der Waals surface area contributed by atoms with Gasteiger partial charge in [0.25, 0.3) is 5.91 Å². The number of rotatable bonds is 7. The zero-order chi connectivity index (χ0) is 23.4. The van der Waals surface area contributed by atoms with Gasteiger partial charge in [-0.05, 0) is 69.5 Å². The molecular weight excluding hydrogens is 532 g/mol. The molecule has 4 aromatic rings. The molecule has 1 amide bonds. The molecule has 0 bridgehead atoms. The Hall–Kier alpha value is -2.87. The molecular formula is C24H17BrCl2FN3O2. The molecule has 9 heteroatoms. The van der Waals surface area contributed by atoms with Crippen LogP contribution >= 0.6 is 39.1 Å². The van der Waals surface area contributed by atoms with Gasteiger partial charge in [0, 0.05) is 16.8 Å².